The number of ether oxygens (including phenoxy) is 1. The van der Waals surface area contributed by atoms with Crippen LogP contribution in [0.2, 0.25) is 0 Å². The maximum absolute atomic E-state index is 10.3. The van der Waals surface area contributed by atoms with Gasteiger partial charge in [0.05, 0.1) is 24.4 Å². The zero-order valence-corrected chi connectivity index (χ0v) is 9.46. The van der Waals surface area contributed by atoms with E-state index in [-0.39, 0.29) is 24.4 Å². The number of carbonyl (C=O) groups is 1. The summed E-state index contributed by atoms with van der Waals surface area (Å²) in [5, 5.41) is 19.6. The van der Waals surface area contributed by atoms with Crippen LogP contribution in [0.15, 0.2) is 0 Å². The number of aliphatic hydroxyl groups is 2. The first-order valence-electron chi connectivity index (χ1n) is 5.44. The lowest BCUT2D eigenvalue weighted by Gasteiger charge is -2.26. The van der Waals surface area contributed by atoms with Crippen molar-refractivity contribution in [2.24, 2.45) is 11.8 Å². The molecule has 0 aromatic carbocycles. The average molecular weight is 216 g/mol. The normalized spacial score (nSPS) is 38.3. The van der Waals surface area contributed by atoms with Crippen LogP contribution in [-0.2, 0) is 9.53 Å². The maximum atomic E-state index is 10.3. The van der Waals surface area contributed by atoms with Crippen molar-refractivity contribution in [3.8, 4) is 0 Å². The molecule has 0 saturated carbocycles. The number of aldehydes is 1. The van der Waals surface area contributed by atoms with E-state index in [9.17, 15) is 15.0 Å². The molecule has 2 unspecified atom stereocenters. The third kappa shape index (κ3) is 2.56. The Kier molecular flexibility index (Phi) is 4.25. The fraction of sp³-hybridized carbons (Fsp3) is 0.909. The topological polar surface area (TPSA) is 66.8 Å². The van der Waals surface area contributed by atoms with Gasteiger partial charge in [-0.3, -0.25) is 0 Å². The molecule has 1 fully saturated rings. The number of hydrogen-bond donors (Lipinski definition) is 2. The van der Waals surface area contributed by atoms with E-state index in [1.54, 1.807) is 6.92 Å². The van der Waals surface area contributed by atoms with Gasteiger partial charge in [-0.05, 0) is 12.8 Å². The Hall–Kier alpha value is -0.450. The molecule has 4 nitrogen and oxygen atoms in total. The fourth-order valence-corrected chi connectivity index (χ4v) is 2.28. The second-order valence-corrected chi connectivity index (χ2v) is 4.59. The molecular weight excluding hydrogens is 196 g/mol. The summed E-state index contributed by atoms with van der Waals surface area (Å²) in [6.07, 6.45) is -1.33. The van der Waals surface area contributed by atoms with Gasteiger partial charge in [-0.1, -0.05) is 13.8 Å². The highest BCUT2D eigenvalue weighted by molar-refractivity contribution is 5.50. The van der Waals surface area contributed by atoms with E-state index >= 15 is 0 Å². The van der Waals surface area contributed by atoms with Gasteiger partial charge in [0.25, 0.3) is 0 Å². The van der Waals surface area contributed by atoms with Gasteiger partial charge in [-0.15, -0.1) is 0 Å². The number of hydrogen-bond acceptors (Lipinski definition) is 4. The van der Waals surface area contributed by atoms with Crippen LogP contribution in [0.25, 0.3) is 0 Å². The third-order valence-corrected chi connectivity index (χ3v) is 3.11. The van der Waals surface area contributed by atoms with Crippen LogP contribution in [-0.4, -0.2) is 40.9 Å². The zero-order valence-electron chi connectivity index (χ0n) is 9.46. The third-order valence-electron chi connectivity index (χ3n) is 3.11. The number of aliphatic hydroxyl groups excluding tert-OH is 2. The predicted octanol–water partition coefficient (Wildman–Crippen LogP) is 0.357. The molecule has 1 aliphatic heterocycles. The summed E-state index contributed by atoms with van der Waals surface area (Å²) in [6.45, 7) is 5.75. The van der Waals surface area contributed by atoms with Crippen molar-refractivity contribution in [2.45, 2.75) is 51.6 Å². The minimum absolute atomic E-state index is 0.0628. The van der Waals surface area contributed by atoms with Gasteiger partial charge in [0, 0.05) is 12.3 Å². The molecule has 2 N–H and O–H groups in total. The zero-order chi connectivity index (χ0) is 11.6. The Bertz CT molecular complexity index is 217. The van der Waals surface area contributed by atoms with Crippen molar-refractivity contribution in [2.75, 3.05) is 0 Å². The smallest absolute Gasteiger partial charge is 0.122 e. The maximum Gasteiger partial charge on any atom is 0.122 e. The molecule has 1 rings (SSSR count). The summed E-state index contributed by atoms with van der Waals surface area (Å²) >= 11 is 0. The quantitative estimate of drug-likeness (QED) is 0.666. The Morgan fingerprint density at radius 2 is 2.07 bits per heavy atom. The summed E-state index contributed by atoms with van der Waals surface area (Å²) in [5.74, 6) is 0.117. The van der Waals surface area contributed by atoms with Crippen LogP contribution in [0.4, 0.5) is 0 Å². The van der Waals surface area contributed by atoms with E-state index in [0.717, 1.165) is 0 Å². The molecule has 0 aromatic heterocycles. The molecule has 1 aliphatic rings. The standard InChI is InChI=1S/C11H20O4/c1-6(2)9-10(14)7(3)15-11(9)8(13)4-5-12/h5-11,13-14H,4H2,1-3H3/t7-,8?,9?,10+,11+/m0/s1. The lowest BCUT2D eigenvalue weighted by Crippen LogP contribution is -2.37. The summed E-state index contributed by atoms with van der Waals surface area (Å²) in [4.78, 5) is 10.3. The van der Waals surface area contributed by atoms with Crippen LogP contribution in [0.3, 0.4) is 0 Å². The van der Waals surface area contributed by atoms with Crippen molar-refractivity contribution >= 4 is 6.29 Å². The largest absolute Gasteiger partial charge is 0.390 e. The van der Waals surface area contributed by atoms with E-state index in [1.165, 1.54) is 0 Å². The Morgan fingerprint density at radius 3 is 2.53 bits per heavy atom. The molecular formula is C11H20O4. The van der Waals surface area contributed by atoms with Gasteiger partial charge in [-0.2, -0.15) is 0 Å². The molecule has 0 radical (unpaired) electrons. The van der Waals surface area contributed by atoms with Crippen molar-refractivity contribution < 1.29 is 19.7 Å². The molecule has 0 spiro atoms. The number of carbonyl (C=O) groups excluding carboxylic acids is 1. The van der Waals surface area contributed by atoms with Gasteiger partial charge in [0.15, 0.2) is 0 Å². The summed E-state index contributed by atoms with van der Waals surface area (Å²) in [6, 6.07) is 0. The second kappa shape index (κ2) is 5.05. The number of rotatable bonds is 4. The van der Waals surface area contributed by atoms with Gasteiger partial charge in [0.1, 0.15) is 6.29 Å². The lowest BCUT2D eigenvalue weighted by atomic mass is 9.83. The SMILES string of the molecule is CC(C)C1[C@@H](C(O)CC=O)O[C@@H](C)[C@H]1O. The molecule has 0 aromatic rings. The molecule has 0 aliphatic carbocycles. The van der Waals surface area contributed by atoms with Crippen molar-refractivity contribution in [1.29, 1.82) is 0 Å². The average Bonchev–Trinajstić information content (AvgIpc) is 2.44. The van der Waals surface area contributed by atoms with E-state index in [0.29, 0.717) is 6.29 Å². The van der Waals surface area contributed by atoms with Crippen LogP contribution in [0.5, 0.6) is 0 Å². The van der Waals surface area contributed by atoms with E-state index in [4.69, 9.17) is 4.74 Å². The van der Waals surface area contributed by atoms with Gasteiger partial charge in [0.2, 0.25) is 0 Å². The van der Waals surface area contributed by atoms with Crippen LogP contribution in [0.1, 0.15) is 27.2 Å². The van der Waals surface area contributed by atoms with Crippen LogP contribution in [0, 0.1) is 11.8 Å². The highest BCUT2D eigenvalue weighted by Crippen LogP contribution is 2.34. The molecule has 1 saturated heterocycles. The lowest BCUT2D eigenvalue weighted by molar-refractivity contribution is -0.113. The van der Waals surface area contributed by atoms with Gasteiger partial charge >= 0.3 is 0 Å². The predicted molar refractivity (Wildman–Crippen MR) is 55.4 cm³/mol. The molecule has 15 heavy (non-hydrogen) atoms. The molecule has 5 atom stereocenters. The first-order valence-corrected chi connectivity index (χ1v) is 5.44. The first-order chi connectivity index (χ1) is 6.99. The van der Waals surface area contributed by atoms with E-state index in [1.807, 2.05) is 13.8 Å². The van der Waals surface area contributed by atoms with Crippen LogP contribution >= 0.6 is 0 Å². The first kappa shape index (κ1) is 12.6. The highest BCUT2D eigenvalue weighted by atomic mass is 16.5. The Balaban J connectivity index is 2.74. The Labute approximate surface area is 90.2 Å². The fourth-order valence-electron chi connectivity index (χ4n) is 2.28. The van der Waals surface area contributed by atoms with Crippen molar-refractivity contribution in [3.05, 3.63) is 0 Å². The summed E-state index contributed by atoms with van der Waals surface area (Å²) in [5.41, 5.74) is 0. The van der Waals surface area contributed by atoms with E-state index < -0.39 is 18.3 Å². The van der Waals surface area contributed by atoms with Crippen molar-refractivity contribution in [1.82, 2.24) is 0 Å². The molecule has 88 valence electrons. The molecule has 0 amide bonds. The van der Waals surface area contributed by atoms with Gasteiger partial charge in [-0.25, -0.2) is 0 Å². The summed E-state index contributed by atoms with van der Waals surface area (Å²) < 4.78 is 5.50. The molecule has 4 heteroatoms. The second-order valence-electron chi connectivity index (χ2n) is 4.59. The highest BCUT2D eigenvalue weighted by Gasteiger charge is 2.45. The molecule has 0 bridgehead atoms. The summed E-state index contributed by atoms with van der Waals surface area (Å²) in [7, 11) is 0. The minimum Gasteiger partial charge on any atom is -0.390 e. The van der Waals surface area contributed by atoms with Crippen LogP contribution < -0.4 is 0 Å². The molecule has 1 heterocycles. The van der Waals surface area contributed by atoms with Gasteiger partial charge < -0.3 is 19.7 Å². The monoisotopic (exact) mass is 216 g/mol. The van der Waals surface area contributed by atoms with E-state index in [2.05, 4.69) is 0 Å². The minimum atomic E-state index is -0.811. The van der Waals surface area contributed by atoms with Crippen molar-refractivity contribution in [3.63, 3.8) is 0 Å². The Morgan fingerprint density at radius 1 is 1.47 bits per heavy atom.